The van der Waals surface area contributed by atoms with Crippen molar-refractivity contribution in [2.75, 3.05) is 5.75 Å². The molecule has 0 fully saturated rings. The van der Waals surface area contributed by atoms with E-state index >= 15 is 0 Å². The minimum absolute atomic E-state index is 0. The Bertz CT molecular complexity index is 225. The Morgan fingerprint density at radius 1 is 1.75 bits per heavy atom. The topological polar surface area (TPSA) is 56.7 Å². The van der Waals surface area contributed by atoms with Gasteiger partial charge in [-0.25, -0.2) is 0 Å². The lowest BCUT2D eigenvalue weighted by atomic mass is 10.4. The first-order valence-corrected chi connectivity index (χ1v) is 4.41. The summed E-state index contributed by atoms with van der Waals surface area (Å²) in [4.78, 5) is 0. The van der Waals surface area contributed by atoms with E-state index in [0.29, 0.717) is 0 Å². The van der Waals surface area contributed by atoms with Crippen molar-refractivity contribution in [3.8, 4) is 0 Å². The molecule has 1 unspecified atom stereocenters. The molecule has 6 heteroatoms. The Labute approximate surface area is 82.3 Å². The Kier molecular flexibility index (Phi) is 5.28. The maximum absolute atomic E-state index is 5.58. The summed E-state index contributed by atoms with van der Waals surface area (Å²) in [5, 5.41) is 8.58. The standard InChI is InChI=1S/C6H12N4S.ClH/c1-5(7)3-11-6-9-8-4-10(6)2;/h4-5H,3,7H2,1-2H3;1H. The molecule has 0 aliphatic rings. The molecular weight excluding hydrogens is 196 g/mol. The van der Waals surface area contributed by atoms with Gasteiger partial charge in [-0.3, -0.25) is 0 Å². The molecule has 0 aliphatic heterocycles. The van der Waals surface area contributed by atoms with Gasteiger partial charge in [0, 0.05) is 18.8 Å². The average Bonchev–Trinajstić information content (AvgIpc) is 2.31. The molecule has 1 aromatic heterocycles. The number of aromatic nitrogens is 3. The Hall–Kier alpha value is -0.260. The lowest BCUT2D eigenvalue weighted by Crippen LogP contribution is -2.17. The van der Waals surface area contributed by atoms with E-state index < -0.39 is 0 Å². The van der Waals surface area contributed by atoms with Gasteiger partial charge in [0.15, 0.2) is 5.16 Å². The predicted octanol–water partition coefficient (Wildman–Crippen LogP) is 0.676. The molecule has 0 aliphatic carbocycles. The SMILES string of the molecule is CC(N)CSc1nncn1C.Cl. The van der Waals surface area contributed by atoms with Gasteiger partial charge in [-0.2, -0.15) is 0 Å². The predicted molar refractivity (Wildman–Crippen MR) is 52.6 cm³/mol. The summed E-state index contributed by atoms with van der Waals surface area (Å²) in [7, 11) is 1.92. The number of hydrogen-bond donors (Lipinski definition) is 1. The Morgan fingerprint density at radius 2 is 2.42 bits per heavy atom. The van der Waals surface area contributed by atoms with Crippen molar-refractivity contribution in [2.45, 2.75) is 18.1 Å². The molecule has 0 aromatic carbocycles. The second kappa shape index (κ2) is 5.40. The summed E-state index contributed by atoms with van der Waals surface area (Å²) < 4.78 is 1.88. The van der Waals surface area contributed by atoms with Gasteiger partial charge in [0.25, 0.3) is 0 Å². The third-order valence-corrected chi connectivity index (χ3v) is 2.47. The molecule has 0 spiro atoms. The third-order valence-electron chi connectivity index (χ3n) is 1.15. The fourth-order valence-electron chi connectivity index (χ4n) is 0.609. The van der Waals surface area contributed by atoms with E-state index in [1.807, 2.05) is 18.5 Å². The molecular formula is C6H13ClN4S. The summed E-state index contributed by atoms with van der Waals surface area (Å²) >= 11 is 1.63. The number of hydrogen-bond acceptors (Lipinski definition) is 4. The number of rotatable bonds is 3. The largest absolute Gasteiger partial charge is 0.327 e. The van der Waals surface area contributed by atoms with Crippen LogP contribution in [-0.4, -0.2) is 26.6 Å². The number of nitrogens with two attached hydrogens (primary N) is 1. The van der Waals surface area contributed by atoms with Crippen molar-refractivity contribution in [1.29, 1.82) is 0 Å². The van der Waals surface area contributed by atoms with E-state index in [1.165, 1.54) is 0 Å². The van der Waals surface area contributed by atoms with E-state index in [9.17, 15) is 0 Å². The van der Waals surface area contributed by atoms with Crippen LogP contribution in [0.4, 0.5) is 0 Å². The second-order valence-corrected chi connectivity index (χ2v) is 3.50. The smallest absolute Gasteiger partial charge is 0.190 e. The van der Waals surface area contributed by atoms with Crippen LogP contribution >= 0.6 is 24.2 Å². The molecule has 70 valence electrons. The number of halogens is 1. The van der Waals surface area contributed by atoms with E-state index in [0.717, 1.165) is 10.9 Å². The van der Waals surface area contributed by atoms with Crippen LogP contribution in [0.5, 0.6) is 0 Å². The van der Waals surface area contributed by atoms with Crippen LogP contribution < -0.4 is 5.73 Å². The maximum Gasteiger partial charge on any atom is 0.190 e. The van der Waals surface area contributed by atoms with E-state index in [-0.39, 0.29) is 18.4 Å². The summed E-state index contributed by atoms with van der Waals surface area (Å²) in [5.74, 6) is 0.881. The zero-order valence-corrected chi connectivity index (χ0v) is 8.73. The molecule has 1 heterocycles. The highest BCUT2D eigenvalue weighted by Crippen LogP contribution is 2.13. The van der Waals surface area contributed by atoms with Crippen molar-refractivity contribution >= 4 is 24.2 Å². The second-order valence-electron chi connectivity index (χ2n) is 2.51. The van der Waals surface area contributed by atoms with Gasteiger partial charge in [-0.15, -0.1) is 22.6 Å². The fourth-order valence-corrected chi connectivity index (χ4v) is 1.38. The molecule has 0 amide bonds. The van der Waals surface area contributed by atoms with Crippen molar-refractivity contribution < 1.29 is 0 Å². The summed E-state index contributed by atoms with van der Waals surface area (Å²) in [6, 6.07) is 0.205. The lowest BCUT2D eigenvalue weighted by Gasteiger charge is -2.02. The van der Waals surface area contributed by atoms with Crippen molar-refractivity contribution in [1.82, 2.24) is 14.8 Å². The van der Waals surface area contributed by atoms with Gasteiger partial charge in [-0.1, -0.05) is 11.8 Å². The highest BCUT2D eigenvalue weighted by Gasteiger charge is 2.01. The van der Waals surface area contributed by atoms with E-state index in [2.05, 4.69) is 10.2 Å². The molecule has 2 N–H and O–H groups in total. The van der Waals surface area contributed by atoms with E-state index in [4.69, 9.17) is 5.73 Å². The summed E-state index contributed by atoms with van der Waals surface area (Å²) in [6.07, 6.45) is 1.68. The molecule has 1 aromatic rings. The van der Waals surface area contributed by atoms with Crippen LogP contribution in [0.1, 0.15) is 6.92 Å². The highest BCUT2D eigenvalue weighted by atomic mass is 35.5. The first kappa shape index (κ1) is 11.7. The minimum atomic E-state index is 0. The molecule has 0 bridgehead atoms. The molecule has 0 saturated carbocycles. The summed E-state index contributed by atoms with van der Waals surface area (Å²) in [6.45, 7) is 1.98. The molecule has 1 rings (SSSR count). The van der Waals surface area contributed by atoms with Crippen molar-refractivity contribution in [3.05, 3.63) is 6.33 Å². The highest BCUT2D eigenvalue weighted by molar-refractivity contribution is 7.99. The fraction of sp³-hybridized carbons (Fsp3) is 0.667. The molecule has 1 atom stereocenters. The van der Waals surface area contributed by atoms with Crippen molar-refractivity contribution in [3.63, 3.8) is 0 Å². The van der Waals surface area contributed by atoms with Crippen LogP contribution in [0.15, 0.2) is 11.5 Å². The number of thioether (sulfide) groups is 1. The number of nitrogens with zero attached hydrogens (tertiary/aromatic N) is 3. The molecule has 12 heavy (non-hydrogen) atoms. The first-order valence-electron chi connectivity index (χ1n) is 3.42. The summed E-state index contributed by atoms with van der Waals surface area (Å²) in [5.41, 5.74) is 5.58. The van der Waals surface area contributed by atoms with Crippen LogP contribution in [0.2, 0.25) is 0 Å². The van der Waals surface area contributed by atoms with Gasteiger partial charge in [0.2, 0.25) is 0 Å². The van der Waals surface area contributed by atoms with Crippen molar-refractivity contribution in [2.24, 2.45) is 12.8 Å². The van der Waals surface area contributed by atoms with Gasteiger partial charge < -0.3 is 10.3 Å². The zero-order chi connectivity index (χ0) is 8.27. The van der Waals surface area contributed by atoms with Gasteiger partial charge in [0.05, 0.1) is 0 Å². The quantitative estimate of drug-likeness (QED) is 0.743. The van der Waals surface area contributed by atoms with Gasteiger partial charge in [0.1, 0.15) is 6.33 Å². The van der Waals surface area contributed by atoms with Gasteiger partial charge >= 0.3 is 0 Å². The van der Waals surface area contributed by atoms with Crippen LogP contribution in [0.25, 0.3) is 0 Å². The Morgan fingerprint density at radius 3 is 2.83 bits per heavy atom. The normalized spacial score (nSPS) is 12.2. The molecule has 4 nitrogen and oxygen atoms in total. The molecule has 0 saturated heterocycles. The Balaban J connectivity index is 0.00000121. The van der Waals surface area contributed by atoms with Crippen LogP contribution in [0.3, 0.4) is 0 Å². The van der Waals surface area contributed by atoms with Crippen LogP contribution in [0, 0.1) is 0 Å². The average molecular weight is 209 g/mol. The van der Waals surface area contributed by atoms with E-state index in [1.54, 1.807) is 18.1 Å². The van der Waals surface area contributed by atoms with Gasteiger partial charge in [-0.05, 0) is 6.92 Å². The lowest BCUT2D eigenvalue weighted by molar-refractivity contribution is 0.780. The van der Waals surface area contributed by atoms with Crippen LogP contribution in [-0.2, 0) is 7.05 Å². The zero-order valence-electron chi connectivity index (χ0n) is 7.10. The monoisotopic (exact) mass is 208 g/mol. The first-order chi connectivity index (χ1) is 5.20. The minimum Gasteiger partial charge on any atom is -0.327 e. The third kappa shape index (κ3) is 3.42. The maximum atomic E-state index is 5.58. The number of aryl methyl sites for hydroxylation is 1. The molecule has 0 radical (unpaired) electrons.